The topological polar surface area (TPSA) is 40.5 Å². The van der Waals surface area contributed by atoms with Gasteiger partial charge in [0.05, 0.1) is 13.2 Å². The van der Waals surface area contributed by atoms with Gasteiger partial charge in [-0.2, -0.15) is 0 Å². The fourth-order valence-electron chi connectivity index (χ4n) is 1.65. The molecule has 0 rings (SSSR count). The van der Waals surface area contributed by atoms with E-state index in [4.69, 9.17) is 10.2 Å². The van der Waals surface area contributed by atoms with Crippen molar-refractivity contribution in [2.75, 3.05) is 13.2 Å². The molecule has 0 amide bonds. The summed E-state index contributed by atoms with van der Waals surface area (Å²) in [5.41, 5.74) is 0. The molecule has 0 aromatic heterocycles. The summed E-state index contributed by atoms with van der Waals surface area (Å²) in [5.74, 6) is 0. The van der Waals surface area contributed by atoms with E-state index in [1.54, 1.807) is 12.2 Å². The van der Waals surface area contributed by atoms with Gasteiger partial charge in [0, 0.05) is 44.1 Å². The first-order valence-corrected chi connectivity index (χ1v) is 8.68. The van der Waals surface area contributed by atoms with Crippen LogP contribution in [0, 0.1) is 44.1 Å². The maximum absolute atomic E-state index is 8.39. The standard InChI is InChI=1S/2C10H18O.Ac/c2*1-2-3-4-5-6-7-8-9-10-11;/h2*6-9,11H,2-5,10H2,1H3;/b2*7-6-,9-8+;. The minimum atomic E-state index is 0. The molecule has 0 fully saturated rings. The molecule has 23 heavy (non-hydrogen) atoms. The first-order chi connectivity index (χ1) is 10.8. The Bertz CT molecular complexity index is 264. The summed E-state index contributed by atoms with van der Waals surface area (Å²) in [7, 11) is 0. The zero-order valence-electron chi connectivity index (χ0n) is 15.2. The fourth-order valence-corrected chi connectivity index (χ4v) is 1.65. The van der Waals surface area contributed by atoms with Crippen molar-refractivity contribution in [2.45, 2.75) is 65.2 Å². The van der Waals surface area contributed by atoms with Crippen LogP contribution in [0.4, 0.5) is 0 Å². The number of unbranched alkanes of at least 4 members (excludes halogenated alkanes) is 6. The van der Waals surface area contributed by atoms with Gasteiger partial charge < -0.3 is 10.2 Å². The van der Waals surface area contributed by atoms with Crippen molar-refractivity contribution in [2.24, 2.45) is 0 Å². The van der Waals surface area contributed by atoms with Gasteiger partial charge in [-0.3, -0.25) is 0 Å². The van der Waals surface area contributed by atoms with Crippen molar-refractivity contribution in [3.63, 3.8) is 0 Å². The van der Waals surface area contributed by atoms with Gasteiger partial charge in [0.2, 0.25) is 0 Å². The van der Waals surface area contributed by atoms with Crippen LogP contribution < -0.4 is 0 Å². The molecule has 3 heteroatoms. The molecule has 0 aromatic rings. The largest absolute Gasteiger partial charge is 0.392 e. The third kappa shape index (κ3) is 34.6. The molecule has 0 aliphatic heterocycles. The van der Waals surface area contributed by atoms with E-state index in [2.05, 4.69) is 26.0 Å². The van der Waals surface area contributed by atoms with E-state index in [1.807, 2.05) is 24.3 Å². The Morgan fingerprint density at radius 2 is 0.913 bits per heavy atom. The Labute approximate surface area is 180 Å². The van der Waals surface area contributed by atoms with Crippen molar-refractivity contribution in [1.82, 2.24) is 0 Å². The molecule has 1 radical (unpaired) electrons. The zero-order chi connectivity index (χ0) is 16.7. The first-order valence-electron chi connectivity index (χ1n) is 8.68. The van der Waals surface area contributed by atoms with E-state index in [1.165, 1.54) is 38.5 Å². The van der Waals surface area contributed by atoms with E-state index in [0.29, 0.717) is 0 Å². The average molecular weight is 536 g/mol. The number of aliphatic hydroxyl groups excluding tert-OH is 2. The first kappa shape index (κ1) is 28.1. The molecule has 0 atom stereocenters. The van der Waals surface area contributed by atoms with Crippen molar-refractivity contribution in [3.8, 4) is 0 Å². The van der Waals surface area contributed by atoms with E-state index < -0.39 is 0 Å². The molecule has 0 saturated heterocycles. The van der Waals surface area contributed by atoms with Crippen LogP contribution in [0.25, 0.3) is 0 Å². The molecule has 2 nitrogen and oxygen atoms in total. The quantitative estimate of drug-likeness (QED) is 0.262. The van der Waals surface area contributed by atoms with E-state index >= 15 is 0 Å². The summed E-state index contributed by atoms with van der Waals surface area (Å²) in [4.78, 5) is 0. The molecule has 131 valence electrons. The summed E-state index contributed by atoms with van der Waals surface area (Å²) < 4.78 is 0. The minimum Gasteiger partial charge on any atom is -0.392 e. The van der Waals surface area contributed by atoms with Crippen LogP contribution in [0.1, 0.15) is 65.2 Å². The van der Waals surface area contributed by atoms with Crippen LogP contribution in [0.3, 0.4) is 0 Å². The van der Waals surface area contributed by atoms with Crippen molar-refractivity contribution in [1.29, 1.82) is 0 Å². The van der Waals surface area contributed by atoms with Crippen LogP contribution >= 0.6 is 0 Å². The number of rotatable bonds is 12. The van der Waals surface area contributed by atoms with Gasteiger partial charge in [0.1, 0.15) is 0 Å². The van der Waals surface area contributed by atoms with Gasteiger partial charge in [-0.25, -0.2) is 0 Å². The van der Waals surface area contributed by atoms with Crippen molar-refractivity contribution in [3.05, 3.63) is 48.6 Å². The van der Waals surface area contributed by atoms with E-state index in [-0.39, 0.29) is 57.3 Å². The Hall–Kier alpha value is 0.322. The zero-order valence-corrected chi connectivity index (χ0v) is 19.9. The second kappa shape index (κ2) is 30.2. The molecule has 0 heterocycles. The number of aliphatic hydroxyl groups is 2. The normalized spacial score (nSPS) is 11.3. The summed E-state index contributed by atoms with van der Waals surface area (Å²) in [5, 5.41) is 16.8. The third-order valence-electron chi connectivity index (χ3n) is 2.93. The molecule has 0 aliphatic rings. The Morgan fingerprint density at radius 3 is 1.22 bits per heavy atom. The van der Waals surface area contributed by atoms with Crippen molar-refractivity contribution >= 4 is 0 Å². The Balaban J connectivity index is -0.000000333. The number of hydrogen-bond donors (Lipinski definition) is 2. The monoisotopic (exact) mass is 535 g/mol. The number of allylic oxidation sites excluding steroid dienone is 6. The summed E-state index contributed by atoms with van der Waals surface area (Å²) in [6.07, 6.45) is 25.5. The van der Waals surface area contributed by atoms with Crippen LogP contribution in [-0.4, -0.2) is 23.4 Å². The van der Waals surface area contributed by atoms with E-state index in [9.17, 15) is 0 Å². The fraction of sp³-hybridized carbons (Fsp3) is 0.600. The van der Waals surface area contributed by atoms with Gasteiger partial charge in [-0.05, 0) is 25.7 Å². The van der Waals surface area contributed by atoms with Crippen LogP contribution in [-0.2, 0) is 0 Å². The summed E-state index contributed by atoms with van der Waals surface area (Å²) >= 11 is 0. The molecule has 0 bridgehead atoms. The van der Waals surface area contributed by atoms with Gasteiger partial charge in [0.25, 0.3) is 0 Å². The second-order valence-corrected chi connectivity index (χ2v) is 5.07. The third-order valence-corrected chi connectivity index (χ3v) is 2.93. The maximum Gasteiger partial charge on any atom is 0.0615 e. The van der Waals surface area contributed by atoms with Crippen molar-refractivity contribution < 1.29 is 54.3 Å². The Morgan fingerprint density at radius 1 is 0.565 bits per heavy atom. The minimum absolute atomic E-state index is 0. The number of hydrogen-bond acceptors (Lipinski definition) is 2. The van der Waals surface area contributed by atoms with Gasteiger partial charge in [0.15, 0.2) is 0 Å². The van der Waals surface area contributed by atoms with E-state index in [0.717, 1.165) is 12.8 Å². The predicted molar refractivity (Wildman–Crippen MR) is 99.0 cm³/mol. The van der Waals surface area contributed by atoms with Gasteiger partial charge in [-0.1, -0.05) is 88.1 Å². The van der Waals surface area contributed by atoms with Gasteiger partial charge >= 0.3 is 0 Å². The average Bonchev–Trinajstić information content (AvgIpc) is 2.54. The molecular formula is C20H36AcO2. The SMILES string of the molecule is CCCCC/C=C\C=C\CO.CCCCC/C=C\C=C\CO.[Ac]. The second-order valence-electron chi connectivity index (χ2n) is 5.07. The van der Waals surface area contributed by atoms with Crippen LogP contribution in [0.2, 0.25) is 0 Å². The molecule has 0 unspecified atom stereocenters. The Kier molecular flexibility index (Phi) is 37.0. The molecule has 0 spiro atoms. The predicted octanol–water partition coefficient (Wildman–Crippen LogP) is 5.34. The molecule has 2 N–H and O–H groups in total. The molecule has 0 aromatic carbocycles. The van der Waals surface area contributed by atoms with Gasteiger partial charge in [-0.15, -0.1) is 0 Å². The molecule has 0 saturated carbocycles. The summed E-state index contributed by atoms with van der Waals surface area (Å²) in [6.45, 7) is 4.68. The maximum atomic E-state index is 8.39. The molecular weight excluding hydrogens is 499 g/mol. The molecule has 0 aliphatic carbocycles. The van der Waals surface area contributed by atoms with Crippen LogP contribution in [0.5, 0.6) is 0 Å². The summed E-state index contributed by atoms with van der Waals surface area (Å²) in [6, 6.07) is 0. The smallest absolute Gasteiger partial charge is 0.0615 e. The van der Waals surface area contributed by atoms with Crippen LogP contribution in [0.15, 0.2) is 48.6 Å².